The van der Waals surface area contributed by atoms with Gasteiger partial charge in [0, 0.05) is 6.54 Å². The molecule has 126 valence electrons. The molecule has 4 N–H and O–H groups in total. The summed E-state index contributed by atoms with van der Waals surface area (Å²) in [4.78, 5) is 36.5. The van der Waals surface area contributed by atoms with Gasteiger partial charge in [-0.05, 0) is 6.42 Å². The highest BCUT2D eigenvalue weighted by atomic mass is 16.3. The Hall–Kier alpha value is -1.75. The molecule has 10 heteroatoms. The first-order valence-electron chi connectivity index (χ1n) is 6.89. The highest BCUT2D eigenvalue weighted by Crippen LogP contribution is 1.88. The van der Waals surface area contributed by atoms with Crippen molar-refractivity contribution in [2.24, 2.45) is 0 Å². The van der Waals surface area contributed by atoms with Gasteiger partial charge in [-0.25, -0.2) is 28.1 Å². The number of hydrogen-bond donors (Lipinski definition) is 4. The molecule has 0 aliphatic heterocycles. The maximum absolute atomic E-state index is 12.2. The fraction of sp³-hybridized carbons (Fsp3) is 0.750. The lowest BCUT2D eigenvalue weighted by atomic mass is 10.3. The molecule has 1 aromatic heterocycles. The van der Waals surface area contributed by atoms with Gasteiger partial charge in [0.1, 0.15) is 0 Å². The Morgan fingerprint density at radius 2 is 1.18 bits per heavy atom. The zero-order valence-corrected chi connectivity index (χ0v) is 12.3. The van der Waals surface area contributed by atoms with E-state index in [1.807, 2.05) is 0 Å². The molecule has 0 spiro atoms. The molecule has 0 radical (unpaired) electrons. The maximum atomic E-state index is 12.2. The Labute approximate surface area is 125 Å². The molecule has 0 saturated carbocycles. The molecular formula is C12H21N3O7. The van der Waals surface area contributed by atoms with Crippen molar-refractivity contribution in [1.82, 2.24) is 13.7 Å². The van der Waals surface area contributed by atoms with E-state index >= 15 is 0 Å². The van der Waals surface area contributed by atoms with Gasteiger partial charge < -0.3 is 20.4 Å². The Morgan fingerprint density at radius 1 is 0.818 bits per heavy atom. The van der Waals surface area contributed by atoms with Crippen molar-refractivity contribution in [3.05, 3.63) is 31.5 Å². The highest BCUT2D eigenvalue weighted by molar-refractivity contribution is 4.81. The Bertz CT molecular complexity index is 610. The number of nitrogens with zero attached hydrogens (tertiary/aromatic N) is 3. The van der Waals surface area contributed by atoms with Crippen LogP contribution in [0, 0.1) is 0 Å². The van der Waals surface area contributed by atoms with Gasteiger partial charge in [-0.3, -0.25) is 0 Å². The predicted molar refractivity (Wildman–Crippen MR) is 75.7 cm³/mol. The van der Waals surface area contributed by atoms with Crippen LogP contribution in [0.3, 0.4) is 0 Å². The van der Waals surface area contributed by atoms with E-state index in [2.05, 4.69) is 0 Å². The van der Waals surface area contributed by atoms with E-state index in [-0.39, 0.29) is 6.54 Å². The van der Waals surface area contributed by atoms with Crippen LogP contribution in [0.5, 0.6) is 0 Å². The Balaban J connectivity index is 3.53. The summed E-state index contributed by atoms with van der Waals surface area (Å²) in [6, 6.07) is 0. The van der Waals surface area contributed by atoms with Crippen LogP contribution in [0.4, 0.5) is 0 Å². The molecule has 0 amide bonds. The fourth-order valence-electron chi connectivity index (χ4n) is 1.95. The third-order valence-corrected chi connectivity index (χ3v) is 3.04. The van der Waals surface area contributed by atoms with Crippen molar-refractivity contribution < 1.29 is 20.4 Å². The normalized spacial score (nSPS) is 14.0. The van der Waals surface area contributed by atoms with Crippen LogP contribution in [-0.4, -0.2) is 59.5 Å². The van der Waals surface area contributed by atoms with Crippen LogP contribution in [0.15, 0.2) is 14.4 Å². The third-order valence-electron chi connectivity index (χ3n) is 3.04. The minimum absolute atomic E-state index is 0.0579. The maximum Gasteiger partial charge on any atom is 0.336 e. The van der Waals surface area contributed by atoms with Crippen molar-refractivity contribution in [1.29, 1.82) is 0 Å². The van der Waals surface area contributed by atoms with Crippen molar-refractivity contribution in [3.63, 3.8) is 0 Å². The predicted octanol–water partition coefficient (Wildman–Crippen LogP) is -3.71. The van der Waals surface area contributed by atoms with E-state index in [1.165, 1.54) is 0 Å². The van der Waals surface area contributed by atoms with Gasteiger partial charge in [0.2, 0.25) is 0 Å². The second-order valence-electron chi connectivity index (χ2n) is 4.89. The minimum atomic E-state index is -1.34. The highest BCUT2D eigenvalue weighted by Gasteiger charge is 2.18. The molecule has 1 heterocycles. The summed E-state index contributed by atoms with van der Waals surface area (Å²) in [6.07, 6.45) is -2.22. The number of hydrogen-bond acceptors (Lipinski definition) is 7. The van der Waals surface area contributed by atoms with Crippen LogP contribution < -0.4 is 17.1 Å². The largest absolute Gasteiger partial charge is 0.394 e. The summed E-state index contributed by atoms with van der Waals surface area (Å²) in [5.74, 6) is 0. The molecule has 0 bridgehead atoms. The van der Waals surface area contributed by atoms with Crippen LogP contribution >= 0.6 is 0 Å². The lowest BCUT2D eigenvalue weighted by Crippen LogP contribution is -2.56. The second-order valence-corrected chi connectivity index (χ2v) is 4.89. The molecule has 0 aromatic carbocycles. The molecular weight excluding hydrogens is 298 g/mol. The zero-order chi connectivity index (χ0) is 16.9. The van der Waals surface area contributed by atoms with Crippen LogP contribution in [0.25, 0.3) is 0 Å². The van der Waals surface area contributed by atoms with Gasteiger partial charge >= 0.3 is 17.1 Å². The Morgan fingerprint density at radius 3 is 1.50 bits per heavy atom. The first-order valence-corrected chi connectivity index (χ1v) is 6.89. The van der Waals surface area contributed by atoms with Crippen LogP contribution in [0.1, 0.15) is 13.3 Å². The quantitative estimate of drug-likeness (QED) is 0.385. The van der Waals surface area contributed by atoms with Crippen molar-refractivity contribution in [3.8, 4) is 0 Å². The fourth-order valence-corrected chi connectivity index (χ4v) is 1.95. The summed E-state index contributed by atoms with van der Waals surface area (Å²) in [7, 11) is 0. The molecule has 10 nitrogen and oxygen atoms in total. The van der Waals surface area contributed by atoms with Crippen molar-refractivity contribution in [2.75, 3.05) is 13.2 Å². The van der Waals surface area contributed by atoms with Crippen molar-refractivity contribution >= 4 is 0 Å². The third kappa shape index (κ3) is 3.91. The lowest BCUT2D eigenvalue weighted by molar-refractivity contribution is 0.0709. The standard InChI is InChI=1S/C12H21N3O7/c1-2-3-13-10(20)14(4-8(18)6-16)12(22)15(11(13)21)5-9(19)7-17/h8-9,16-19H,2-7H2,1H3. The summed E-state index contributed by atoms with van der Waals surface area (Å²) < 4.78 is 2.07. The second kappa shape index (κ2) is 8.03. The smallest absolute Gasteiger partial charge is 0.336 e. The van der Waals surface area contributed by atoms with Gasteiger partial charge in [0.25, 0.3) is 0 Å². The molecule has 2 unspecified atom stereocenters. The molecule has 0 aliphatic rings. The molecule has 1 aromatic rings. The number of rotatable bonds is 8. The van der Waals surface area contributed by atoms with E-state index in [0.29, 0.717) is 15.6 Å². The van der Waals surface area contributed by atoms with E-state index in [0.717, 1.165) is 4.57 Å². The number of aliphatic hydroxyl groups is 4. The van der Waals surface area contributed by atoms with E-state index < -0.39 is 55.6 Å². The zero-order valence-electron chi connectivity index (χ0n) is 12.3. The average molecular weight is 319 g/mol. The Kier molecular flexibility index (Phi) is 6.68. The minimum Gasteiger partial charge on any atom is -0.394 e. The van der Waals surface area contributed by atoms with E-state index in [9.17, 15) is 24.6 Å². The average Bonchev–Trinajstić information content (AvgIpc) is 2.51. The van der Waals surface area contributed by atoms with Gasteiger partial charge in [0.05, 0.1) is 38.5 Å². The summed E-state index contributed by atoms with van der Waals surface area (Å²) in [5, 5.41) is 36.6. The number of aliphatic hydroxyl groups excluding tert-OH is 4. The summed E-state index contributed by atoms with van der Waals surface area (Å²) >= 11 is 0. The van der Waals surface area contributed by atoms with E-state index in [4.69, 9.17) is 10.2 Å². The lowest BCUT2D eigenvalue weighted by Gasteiger charge is -2.16. The summed E-state index contributed by atoms with van der Waals surface area (Å²) in [5.41, 5.74) is -2.79. The molecule has 0 aliphatic carbocycles. The van der Waals surface area contributed by atoms with Gasteiger partial charge in [-0.2, -0.15) is 0 Å². The summed E-state index contributed by atoms with van der Waals surface area (Å²) in [6.45, 7) is -0.476. The van der Waals surface area contributed by atoms with E-state index in [1.54, 1.807) is 6.92 Å². The molecule has 2 atom stereocenters. The number of aromatic nitrogens is 3. The van der Waals surface area contributed by atoms with Gasteiger partial charge in [0.15, 0.2) is 0 Å². The SMILES string of the molecule is CCCn1c(=O)n(CC(O)CO)c(=O)n(CC(O)CO)c1=O. The molecule has 0 saturated heterocycles. The first kappa shape index (κ1) is 18.3. The van der Waals surface area contributed by atoms with Crippen LogP contribution in [-0.2, 0) is 19.6 Å². The van der Waals surface area contributed by atoms with Gasteiger partial charge in [-0.15, -0.1) is 0 Å². The monoisotopic (exact) mass is 319 g/mol. The molecule has 22 heavy (non-hydrogen) atoms. The molecule has 1 rings (SSSR count). The topological polar surface area (TPSA) is 147 Å². The van der Waals surface area contributed by atoms with Crippen molar-refractivity contribution in [2.45, 2.75) is 45.2 Å². The molecule has 0 fully saturated rings. The van der Waals surface area contributed by atoms with Crippen LogP contribution in [0.2, 0.25) is 0 Å². The first-order chi connectivity index (χ1) is 10.4. The van der Waals surface area contributed by atoms with Gasteiger partial charge in [-0.1, -0.05) is 6.92 Å².